The standard InChI is InChI=1S/C16H15Br2NO/c17-12-2-6-14(7-3-12)20-16-8-1-11(9-15(16)18)10-19-13-4-5-13/h1-3,6-9,13,19H,4-5,10H2. The predicted molar refractivity (Wildman–Crippen MR) is 88.2 cm³/mol. The van der Waals surface area contributed by atoms with E-state index in [-0.39, 0.29) is 0 Å². The zero-order valence-corrected chi connectivity index (χ0v) is 14.1. The molecule has 0 radical (unpaired) electrons. The van der Waals surface area contributed by atoms with E-state index in [1.807, 2.05) is 30.3 Å². The lowest BCUT2D eigenvalue weighted by Gasteiger charge is -2.10. The minimum atomic E-state index is 0.729. The largest absolute Gasteiger partial charge is 0.456 e. The molecule has 3 rings (SSSR count). The van der Waals surface area contributed by atoms with Crippen LogP contribution in [0, 0.1) is 0 Å². The molecule has 1 saturated carbocycles. The summed E-state index contributed by atoms with van der Waals surface area (Å²) in [5.41, 5.74) is 1.27. The van der Waals surface area contributed by atoms with E-state index in [1.165, 1.54) is 18.4 Å². The second-order valence-electron chi connectivity index (χ2n) is 4.98. The zero-order valence-electron chi connectivity index (χ0n) is 10.9. The van der Waals surface area contributed by atoms with E-state index >= 15 is 0 Å². The van der Waals surface area contributed by atoms with Gasteiger partial charge >= 0.3 is 0 Å². The molecule has 0 aromatic heterocycles. The fourth-order valence-electron chi connectivity index (χ4n) is 1.92. The van der Waals surface area contributed by atoms with Crippen LogP contribution in [0.3, 0.4) is 0 Å². The molecule has 2 nitrogen and oxygen atoms in total. The van der Waals surface area contributed by atoms with Gasteiger partial charge in [0, 0.05) is 17.1 Å². The summed E-state index contributed by atoms with van der Waals surface area (Å²) in [6.07, 6.45) is 2.62. The summed E-state index contributed by atoms with van der Waals surface area (Å²) in [5, 5.41) is 3.51. The number of nitrogens with one attached hydrogen (secondary N) is 1. The zero-order chi connectivity index (χ0) is 13.9. The Hall–Kier alpha value is -0.840. The maximum absolute atomic E-state index is 5.87. The Labute approximate surface area is 135 Å². The van der Waals surface area contributed by atoms with Gasteiger partial charge in [-0.05, 0) is 70.7 Å². The van der Waals surface area contributed by atoms with Crippen molar-refractivity contribution in [3.05, 3.63) is 57.0 Å². The van der Waals surface area contributed by atoms with Crippen LogP contribution < -0.4 is 10.1 Å². The average molecular weight is 397 g/mol. The Bertz CT molecular complexity index is 594. The monoisotopic (exact) mass is 395 g/mol. The first-order chi connectivity index (χ1) is 9.70. The first-order valence-corrected chi connectivity index (χ1v) is 8.24. The molecule has 1 aliphatic carbocycles. The minimum Gasteiger partial charge on any atom is -0.456 e. The van der Waals surface area contributed by atoms with Crippen molar-refractivity contribution in [1.82, 2.24) is 5.32 Å². The maximum Gasteiger partial charge on any atom is 0.141 e. The molecule has 0 amide bonds. The number of benzene rings is 2. The van der Waals surface area contributed by atoms with E-state index in [9.17, 15) is 0 Å². The van der Waals surface area contributed by atoms with Crippen LogP contribution in [0.5, 0.6) is 11.5 Å². The van der Waals surface area contributed by atoms with Crippen LogP contribution in [0.15, 0.2) is 51.4 Å². The van der Waals surface area contributed by atoms with Gasteiger partial charge in [-0.2, -0.15) is 0 Å². The lowest BCUT2D eigenvalue weighted by molar-refractivity contribution is 0.479. The third-order valence-corrected chi connectivity index (χ3v) is 4.36. The summed E-state index contributed by atoms with van der Waals surface area (Å²) in [6.45, 7) is 0.918. The van der Waals surface area contributed by atoms with Crippen molar-refractivity contribution < 1.29 is 4.74 Å². The molecule has 20 heavy (non-hydrogen) atoms. The molecule has 104 valence electrons. The third kappa shape index (κ3) is 3.84. The number of hydrogen-bond acceptors (Lipinski definition) is 2. The Morgan fingerprint density at radius 1 is 1.05 bits per heavy atom. The summed E-state index contributed by atoms with van der Waals surface area (Å²) >= 11 is 7.00. The highest BCUT2D eigenvalue weighted by Crippen LogP contribution is 2.31. The van der Waals surface area contributed by atoms with Gasteiger partial charge in [0.05, 0.1) is 4.47 Å². The molecule has 0 bridgehead atoms. The van der Waals surface area contributed by atoms with Crippen LogP contribution >= 0.6 is 31.9 Å². The van der Waals surface area contributed by atoms with E-state index in [4.69, 9.17) is 4.74 Å². The van der Waals surface area contributed by atoms with E-state index in [2.05, 4.69) is 49.3 Å². The van der Waals surface area contributed by atoms with Crippen LogP contribution in [-0.4, -0.2) is 6.04 Å². The van der Waals surface area contributed by atoms with Crippen LogP contribution in [0.1, 0.15) is 18.4 Å². The molecule has 2 aromatic rings. The van der Waals surface area contributed by atoms with Crippen molar-refractivity contribution in [3.63, 3.8) is 0 Å². The van der Waals surface area contributed by atoms with Crippen LogP contribution in [0.4, 0.5) is 0 Å². The van der Waals surface area contributed by atoms with Gasteiger partial charge in [0.15, 0.2) is 0 Å². The van der Waals surface area contributed by atoms with Gasteiger partial charge in [0.25, 0.3) is 0 Å². The highest BCUT2D eigenvalue weighted by atomic mass is 79.9. The summed E-state index contributed by atoms with van der Waals surface area (Å²) in [6, 6.07) is 14.8. The fraction of sp³-hybridized carbons (Fsp3) is 0.250. The first kappa shape index (κ1) is 14.1. The van der Waals surface area contributed by atoms with Crippen molar-refractivity contribution in [2.45, 2.75) is 25.4 Å². The van der Waals surface area contributed by atoms with E-state index in [1.54, 1.807) is 0 Å². The molecular formula is C16H15Br2NO. The topological polar surface area (TPSA) is 21.3 Å². The molecular weight excluding hydrogens is 382 g/mol. The van der Waals surface area contributed by atoms with Crippen LogP contribution in [0.25, 0.3) is 0 Å². The summed E-state index contributed by atoms with van der Waals surface area (Å²) in [7, 11) is 0. The average Bonchev–Trinajstić information content (AvgIpc) is 3.26. The SMILES string of the molecule is Brc1ccc(Oc2ccc(CNC3CC3)cc2Br)cc1. The van der Waals surface area contributed by atoms with Gasteiger partial charge in [-0.25, -0.2) is 0 Å². The molecule has 1 N–H and O–H groups in total. The Morgan fingerprint density at radius 3 is 2.45 bits per heavy atom. The van der Waals surface area contributed by atoms with E-state index in [0.717, 1.165) is 33.0 Å². The molecule has 0 spiro atoms. The Kier molecular flexibility index (Phi) is 4.44. The Balaban J connectivity index is 1.68. The Morgan fingerprint density at radius 2 is 1.80 bits per heavy atom. The summed E-state index contributed by atoms with van der Waals surface area (Å²) in [5.74, 6) is 1.67. The lowest BCUT2D eigenvalue weighted by atomic mass is 10.2. The van der Waals surface area contributed by atoms with Gasteiger partial charge in [-0.3, -0.25) is 0 Å². The van der Waals surface area contributed by atoms with Crippen molar-refractivity contribution in [1.29, 1.82) is 0 Å². The molecule has 0 heterocycles. The molecule has 0 unspecified atom stereocenters. The molecule has 2 aromatic carbocycles. The molecule has 1 aliphatic rings. The number of halogens is 2. The smallest absolute Gasteiger partial charge is 0.141 e. The molecule has 4 heteroatoms. The van der Waals surface area contributed by atoms with Gasteiger partial charge < -0.3 is 10.1 Å². The maximum atomic E-state index is 5.87. The van der Waals surface area contributed by atoms with Gasteiger partial charge in [0.2, 0.25) is 0 Å². The van der Waals surface area contributed by atoms with Crippen molar-refractivity contribution in [3.8, 4) is 11.5 Å². The van der Waals surface area contributed by atoms with Crippen molar-refractivity contribution in [2.75, 3.05) is 0 Å². The quantitative estimate of drug-likeness (QED) is 0.744. The second-order valence-corrected chi connectivity index (χ2v) is 6.75. The first-order valence-electron chi connectivity index (χ1n) is 6.66. The normalized spacial score (nSPS) is 14.3. The van der Waals surface area contributed by atoms with Gasteiger partial charge in [-0.1, -0.05) is 22.0 Å². The van der Waals surface area contributed by atoms with Crippen LogP contribution in [-0.2, 0) is 6.54 Å². The van der Waals surface area contributed by atoms with E-state index in [0.29, 0.717) is 0 Å². The lowest BCUT2D eigenvalue weighted by Crippen LogP contribution is -2.15. The third-order valence-electron chi connectivity index (χ3n) is 3.21. The van der Waals surface area contributed by atoms with Crippen molar-refractivity contribution in [2.24, 2.45) is 0 Å². The molecule has 0 saturated heterocycles. The summed E-state index contributed by atoms with van der Waals surface area (Å²) in [4.78, 5) is 0. The minimum absolute atomic E-state index is 0.729. The molecule has 1 fully saturated rings. The summed E-state index contributed by atoms with van der Waals surface area (Å²) < 4.78 is 7.90. The van der Waals surface area contributed by atoms with Crippen molar-refractivity contribution >= 4 is 31.9 Å². The predicted octanol–water partition coefficient (Wildman–Crippen LogP) is 5.26. The number of hydrogen-bond donors (Lipinski definition) is 1. The molecule has 0 aliphatic heterocycles. The highest BCUT2D eigenvalue weighted by Gasteiger charge is 2.20. The fourth-order valence-corrected chi connectivity index (χ4v) is 2.69. The highest BCUT2D eigenvalue weighted by molar-refractivity contribution is 9.10. The molecule has 0 atom stereocenters. The van der Waals surface area contributed by atoms with E-state index < -0.39 is 0 Å². The van der Waals surface area contributed by atoms with Gasteiger partial charge in [-0.15, -0.1) is 0 Å². The van der Waals surface area contributed by atoms with Gasteiger partial charge in [0.1, 0.15) is 11.5 Å². The number of rotatable bonds is 5. The second kappa shape index (κ2) is 6.29. The van der Waals surface area contributed by atoms with Crippen LogP contribution in [0.2, 0.25) is 0 Å². The number of ether oxygens (including phenoxy) is 1.